The molecule has 0 aliphatic rings. The first-order chi connectivity index (χ1) is 7.89. The minimum absolute atomic E-state index is 0.0590. The molecule has 0 aliphatic carbocycles. The van der Waals surface area contributed by atoms with E-state index in [1.807, 2.05) is 6.92 Å². The molecule has 0 saturated heterocycles. The Kier molecular flexibility index (Phi) is 7.90. The molecule has 0 heterocycles. The number of hydrogen-bond donors (Lipinski definition) is 0. The maximum Gasteiger partial charge on any atom is 0.411 e. The second-order valence-electron chi connectivity index (χ2n) is 3.52. The van der Waals surface area contributed by atoms with Crippen molar-refractivity contribution in [3.8, 4) is 0 Å². The summed E-state index contributed by atoms with van der Waals surface area (Å²) in [4.78, 5) is 12.7. The third kappa shape index (κ3) is 10.1. The van der Waals surface area contributed by atoms with Gasteiger partial charge < -0.3 is 9.47 Å². The lowest BCUT2D eigenvalue weighted by Gasteiger charge is -2.20. The van der Waals surface area contributed by atoms with Crippen molar-refractivity contribution in [1.82, 2.24) is 4.90 Å². The average molecular weight is 257 g/mol. The van der Waals surface area contributed by atoms with Crippen LogP contribution in [0.1, 0.15) is 13.3 Å². The molecule has 0 fully saturated rings. The van der Waals surface area contributed by atoms with Crippen molar-refractivity contribution in [2.24, 2.45) is 0 Å². The standard InChI is InChI=1S/C10H18F3NO3/c1-3-4-14(7-9(15)16-2)5-6-17-8-10(11,12)13/h3-8H2,1-2H3. The topological polar surface area (TPSA) is 38.8 Å². The van der Waals surface area contributed by atoms with Gasteiger partial charge in [-0.1, -0.05) is 6.92 Å². The smallest absolute Gasteiger partial charge is 0.411 e. The lowest BCUT2D eigenvalue weighted by Crippen LogP contribution is -2.34. The third-order valence-electron chi connectivity index (χ3n) is 1.94. The summed E-state index contributed by atoms with van der Waals surface area (Å²) in [6, 6.07) is 0. The summed E-state index contributed by atoms with van der Waals surface area (Å²) in [6.07, 6.45) is -3.51. The Labute approximate surface area is 98.7 Å². The van der Waals surface area contributed by atoms with Crippen LogP contribution in [0.3, 0.4) is 0 Å². The summed E-state index contributed by atoms with van der Waals surface area (Å²) < 4.78 is 44.3. The van der Waals surface area contributed by atoms with Crippen molar-refractivity contribution < 1.29 is 27.4 Å². The fourth-order valence-corrected chi connectivity index (χ4v) is 1.21. The number of alkyl halides is 3. The second-order valence-corrected chi connectivity index (χ2v) is 3.52. The normalized spacial score (nSPS) is 11.9. The van der Waals surface area contributed by atoms with Crippen LogP contribution in [0.2, 0.25) is 0 Å². The van der Waals surface area contributed by atoms with E-state index >= 15 is 0 Å². The molecule has 0 radical (unpaired) electrons. The number of nitrogens with zero attached hydrogens (tertiary/aromatic N) is 1. The van der Waals surface area contributed by atoms with Crippen molar-refractivity contribution in [3.63, 3.8) is 0 Å². The molecule has 0 rings (SSSR count). The molecule has 102 valence electrons. The Morgan fingerprint density at radius 1 is 1.29 bits per heavy atom. The molecule has 0 aromatic carbocycles. The van der Waals surface area contributed by atoms with E-state index in [4.69, 9.17) is 0 Å². The maximum atomic E-state index is 11.8. The zero-order valence-electron chi connectivity index (χ0n) is 10.0. The lowest BCUT2D eigenvalue weighted by molar-refractivity contribution is -0.175. The van der Waals surface area contributed by atoms with Gasteiger partial charge in [-0.15, -0.1) is 0 Å². The second kappa shape index (κ2) is 8.30. The van der Waals surface area contributed by atoms with Crippen LogP contribution >= 0.6 is 0 Å². The van der Waals surface area contributed by atoms with Crippen molar-refractivity contribution in [2.45, 2.75) is 19.5 Å². The first-order valence-corrected chi connectivity index (χ1v) is 5.32. The van der Waals surface area contributed by atoms with Crippen LogP contribution in [0.5, 0.6) is 0 Å². The van der Waals surface area contributed by atoms with Gasteiger partial charge in [0.1, 0.15) is 6.61 Å². The number of hydrogen-bond acceptors (Lipinski definition) is 4. The van der Waals surface area contributed by atoms with Gasteiger partial charge in [0.25, 0.3) is 0 Å². The molecular formula is C10H18F3NO3. The number of rotatable bonds is 8. The van der Waals surface area contributed by atoms with E-state index in [9.17, 15) is 18.0 Å². The Bertz CT molecular complexity index is 221. The molecule has 0 bridgehead atoms. The predicted molar refractivity (Wildman–Crippen MR) is 55.6 cm³/mol. The molecule has 0 atom stereocenters. The molecular weight excluding hydrogens is 239 g/mol. The average Bonchev–Trinajstić information content (AvgIpc) is 2.23. The van der Waals surface area contributed by atoms with Crippen LogP contribution in [0, 0.1) is 0 Å². The van der Waals surface area contributed by atoms with Crippen molar-refractivity contribution in [3.05, 3.63) is 0 Å². The van der Waals surface area contributed by atoms with E-state index in [0.29, 0.717) is 6.54 Å². The van der Waals surface area contributed by atoms with Gasteiger partial charge in [-0.2, -0.15) is 13.2 Å². The monoisotopic (exact) mass is 257 g/mol. The number of carbonyl (C=O) groups is 1. The number of halogens is 3. The van der Waals surface area contributed by atoms with Gasteiger partial charge in [0.2, 0.25) is 0 Å². The van der Waals surface area contributed by atoms with Crippen molar-refractivity contribution in [1.29, 1.82) is 0 Å². The van der Waals surface area contributed by atoms with Crippen molar-refractivity contribution in [2.75, 3.05) is 40.0 Å². The van der Waals surface area contributed by atoms with Crippen LogP contribution in [0.25, 0.3) is 0 Å². The highest BCUT2D eigenvalue weighted by Crippen LogP contribution is 2.14. The number of ether oxygens (including phenoxy) is 2. The summed E-state index contributed by atoms with van der Waals surface area (Å²) in [5, 5.41) is 0. The van der Waals surface area contributed by atoms with Crippen LogP contribution in [0.15, 0.2) is 0 Å². The molecule has 17 heavy (non-hydrogen) atoms. The zero-order valence-corrected chi connectivity index (χ0v) is 10.0. The highest BCUT2D eigenvalue weighted by Gasteiger charge is 2.27. The predicted octanol–water partition coefficient (Wildman–Crippen LogP) is 1.45. The first-order valence-electron chi connectivity index (χ1n) is 5.32. The fraction of sp³-hybridized carbons (Fsp3) is 0.900. The van der Waals surface area contributed by atoms with Crippen molar-refractivity contribution >= 4 is 5.97 Å². The van der Waals surface area contributed by atoms with Gasteiger partial charge in [0.15, 0.2) is 0 Å². The quantitative estimate of drug-likeness (QED) is 0.487. The van der Waals surface area contributed by atoms with Gasteiger partial charge in [-0.3, -0.25) is 9.69 Å². The Balaban J connectivity index is 3.81. The fourth-order valence-electron chi connectivity index (χ4n) is 1.21. The van der Waals surface area contributed by atoms with E-state index in [2.05, 4.69) is 9.47 Å². The largest absolute Gasteiger partial charge is 0.468 e. The van der Waals surface area contributed by atoms with Gasteiger partial charge in [-0.25, -0.2) is 0 Å². The molecule has 0 aliphatic heterocycles. The molecule has 0 N–H and O–H groups in total. The van der Waals surface area contributed by atoms with Crippen LogP contribution in [-0.2, 0) is 14.3 Å². The van der Waals surface area contributed by atoms with Gasteiger partial charge >= 0.3 is 12.1 Å². The summed E-state index contributed by atoms with van der Waals surface area (Å²) in [5.74, 6) is -0.408. The maximum absolute atomic E-state index is 11.8. The van der Waals surface area contributed by atoms with E-state index in [-0.39, 0.29) is 19.7 Å². The van der Waals surface area contributed by atoms with E-state index in [1.165, 1.54) is 7.11 Å². The van der Waals surface area contributed by atoms with Gasteiger partial charge in [0.05, 0.1) is 20.3 Å². The highest BCUT2D eigenvalue weighted by molar-refractivity contribution is 5.71. The van der Waals surface area contributed by atoms with Gasteiger partial charge in [-0.05, 0) is 13.0 Å². The molecule has 0 amide bonds. The minimum Gasteiger partial charge on any atom is -0.468 e. The Morgan fingerprint density at radius 2 is 1.94 bits per heavy atom. The first kappa shape index (κ1) is 16.2. The molecule has 0 unspecified atom stereocenters. The van der Waals surface area contributed by atoms with E-state index in [0.717, 1.165) is 6.42 Å². The summed E-state index contributed by atoms with van der Waals surface area (Å²) >= 11 is 0. The van der Waals surface area contributed by atoms with E-state index in [1.54, 1.807) is 4.90 Å². The molecule has 0 saturated carbocycles. The lowest BCUT2D eigenvalue weighted by atomic mass is 10.4. The number of carbonyl (C=O) groups excluding carboxylic acids is 1. The number of methoxy groups -OCH3 is 1. The van der Waals surface area contributed by atoms with Crippen LogP contribution in [0.4, 0.5) is 13.2 Å². The molecule has 0 aromatic heterocycles. The Morgan fingerprint density at radius 3 is 2.41 bits per heavy atom. The summed E-state index contributed by atoms with van der Waals surface area (Å²) in [5.41, 5.74) is 0. The van der Waals surface area contributed by atoms with E-state index < -0.39 is 18.8 Å². The SMILES string of the molecule is CCCN(CCOCC(F)(F)F)CC(=O)OC. The van der Waals surface area contributed by atoms with Gasteiger partial charge in [0, 0.05) is 6.54 Å². The summed E-state index contributed by atoms with van der Waals surface area (Å²) in [7, 11) is 1.27. The molecule has 0 spiro atoms. The Hall–Kier alpha value is -0.820. The zero-order chi connectivity index (χ0) is 13.3. The molecule has 4 nitrogen and oxygen atoms in total. The van der Waals surface area contributed by atoms with Crippen LogP contribution < -0.4 is 0 Å². The number of esters is 1. The third-order valence-corrected chi connectivity index (χ3v) is 1.94. The van der Waals surface area contributed by atoms with Crippen LogP contribution in [-0.4, -0.2) is 57.0 Å². The molecule has 0 aromatic rings. The minimum atomic E-state index is -4.31. The highest BCUT2D eigenvalue weighted by atomic mass is 19.4. The summed E-state index contributed by atoms with van der Waals surface area (Å²) in [6.45, 7) is 1.56. The molecule has 7 heteroatoms.